The van der Waals surface area contributed by atoms with E-state index in [1.807, 2.05) is 0 Å². The van der Waals surface area contributed by atoms with Gasteiger partial charge in [0.1, 0.15) is 28.3 Å². The summed E-state index contributed by atoms with van der Waals surface area (Å²) in [4.78, 5) is 25.0. The van der Waals surface area contributed by atoms with E-state index in [1.165, 1.54) is 12.1 Å². The third-order valence-electron chi connectivity index (χ3n) is 5.62. The number of nitrogens with one attached hydrogen (secondary N) is 3. The van der Waals surface area contributed by atoms with Gasteiger partial charge in [-0.25, -0.2) is 13.2 Å². The Balaban J connectivity index is 2.25. The van der Waals surface area contributed by atoms with Crippen molar-refractivity contribution in [2.75, 3.05) is 12.4 Å². The molecular weight excluding hydrogens is 503 g/mol. The van der Waals surface area contributed by atoms with E-state index in [1.54, 1.807) is 25.5 Å². The van der Waals surface area contributed by atoms with Crippen LogP contribution in [0.15, 0.2) is 23.1 Å². The minimum absolute atomic E-state index is 0.124. The number of hydrogen-bond acceptors (Lipinski definition) is 6. The number of methoxy groups -OCH3 is 1. The largest absolute Gasteiger partial charge is 0.495 e. The molecule has 2 atom stereocenters. The lowest BCUT2D eigenvalue weighted by Crippen LogP contribution is -2.50. The van der Waals surface area contributed by atoms with Crippen LogP contribution in [-0.2, 0) is 19.6 Å². The Labute approximate surface area is 209 Å². The van der Waals surface area contributed by atoms with E-state index in [4.69, 9.17) is 9.47 Å². The summed E-state index contributed by atoms with van der Waals surface area (Å²) < 4.78 is 75.5. The lowest BCUT2D eigenvalue weighted by molar-refractivity contribution is -0.147. The molecule has 36 heavy (non-hydrogen) atoms. The zero-order chi connectivity index (χ0) is 27.3. The van der Waals surface area contributed by atoms with Crippen LogP contribution >= 0.6 is 0 Å². The lowest BCUT2D eigenvalue weighted by Gasteiger charge is -2.31. The molecule has 204 valence electrons. The summed E-state index contributed by atoms with van der Waals surface area (Å²) in [6.07, 6.45) is -1.19. The Kier molecular flexibility index (Phi) is 9.63. The van der Waals surface area contributed by atoms with Gasteiger partial charge in [0.05, 0.1) is 7.11 Å². The first-order chi connectivity index (χ1) is 16.5. The molecule has 1 aliphatic carbocycles. The van der Waals surface area contributed by atoms with Gasteiger partial charge in [-0.2, -0.15) is 17.9 Å². The standard InChI is InChI=1S/C23H34F3N3O6S/c1-14(23(24,25)26)29-36(32,33)18-12-11-16(13-17(18)34-5)27-20(30)19(15-9-7-6-8-10-15)28-21(31)35-22(2,3)4/h11-15,19,29H,6-10H2,1-5H3,(H,27,30)(H,28,31)/t14-,19-/m0/s1. The number of sulfonamides is 1. The first kappa shape index (κ1) is 29.7. The molecule has 3 N–H and O–H groups in total. The molecule has 13 heteroatoms. The van der Waals surface area contributed by atoms with Crippen molar-refractivity contribution < 1.29 is 40.7 Å². The van der Waals surface area contributed by atoms with Crippen molar-refractivity contribution in [3.8, 4) is 5.75 Å². The van der Waals surface area contributed by atoms with Gasteiger partial charge in [0, 0.05) is 11.8 Å². The van der Waals surface area contributed by atoms with Crippen LogP contribution in [0.25, 0.3) is 0 Å². The summed E-state index contributed by atoms with van der Waals surface area (Å²) in [5, 5.41) is 5.29. The molecule has 0 bridgehead atoms. The van der Waals surface area contributed by atoms with Gasteiger partial charge in [-0.1, -0.05) is 19.3 Å². The molecule has 1 aliphatic rings. The second kappa shape index (κ2) is 11.7. The van der Waals surface area contributed by atoms with Crippen molar-refractivity contribution in [3.63, 3.8) is 0 Å². The fourth-order valence-electron chi connectivity index (χ4n) is 3.85. The highest BCUT2D eigenvalue weighted by atomic mass is 32.2. The van der Waals surface area contributed by atoms with Crippen LogP contribution < -0.4 is 20.1 Å². The van der Waals surface area contributed by atoms with Crippen LogP contribution in [-0.4, -0.2) is 51.4 Å². The number of benzene rings is 1. The number of ether oxygens (including phenoxy) is 2. The third-order valence-corrected chi connectivity index (χ3v) is 7.20. The molecule has 0 aromatic heterocycles. The number of carbonyl (C=O) groups is 2. The molecule has 0 spiro atoms. The van der Waals surface area contributed by atoms with Gasteiger partial charge in [0.15, 0.2) is 0 Å². The van der Waals surface area contributed by atoms with Crippen molar-refractivity contribution in [1.82, 2.24) is 10.0 Å². The summed E-state index contributed by atoms with van der Waals surface area (Å²) >= 11 is 0. The Morgan fingerprint density at radius 2 is 1.69 bits per heavy atom. The van der Waals surface area contributed by atoms with Gasteiger partial charge in [-0.05, 0) is 58.6 Å². The maximum absolute atomic E-state index is 13.2. The Hall–Kier alpha value is -2.54. The molecule has 0 saturated heterocycles. The van der Waals surface area contributed by atoms with Gasteiger partial charge in [0.2, 0.25) is 15.9 Å². The topological polar surface area (TPSA) is 123 Å². The van der Waals surface area contributed by atoms with Crippen molar-refractivity contribution in [3.05, 3.63) is 18.2 Å². The maximum Gasteiger partial charge on any atom is 0.408 e. The smallest absolute Gasteiger partial charge is 0.408 e. The van der Waals surface area contributed by atoms with Crippen molar-refractivity contribution in [2.45, 2.75) is 88.6 Å². The molecule has 0 unspecified atom stereocenters. The van der Waals surface area contributed by atoms with E-state index in [-0.39, 0.29) is 17.4 Å². The van der Waals surface area contributed by atoms with Crippen LogP contribution in [0, 0.1) is 5.92 Å². The molecular formula is C23H34F3N3O6S. The fraction of sp³-hybridized carbons (Fsp3) is 0.652. The molecule has 9 nitrogen and oxygen atoms in total. The molecule has 2 rings (SSSR count). The number of rotatable bonds is 8. The number of hydrogen-bond donors (Lipinski definition) is 3. The highest BCUT2D eigenvalue weighted by molar-refractivity contribution is 7.89. The van der Waals surface area contributed by atoms with E-state index in [9.17, 15) is 31.2 Å². The number of amides is 2. The minimum atomic E-state index is -4.77. The predicted octanol–water partition coefficient (Wildman–Crippen LogP) is 4.34. The number of alkyl carbamates (subject to hydrolysis) is 1. The van der Waals surface area contributed by atoms with E-state index >= 15 is 0 Å². The lowest BCUT2D eigenvalue weighted by atomic mass is 9.83. The monoisotopic (exact) mass is 537 g/mol. The Bertz CT molecular complexity index is 1030. The molecule has 1 saturated carbocycles. The van der Waals surface area contributed by atoms with E-state index < -0.39 is 50.8 Å². The number of carbonyl (C=O) groups excluding carboxylic acids is 2. The van der Waals surface area contributed by atoms with Crippen molar-refractivity contribution >= 4 is 27.7 Å². The second-order valence-electron chi connectivity index (χ2n) is 9.76. The predicted molar refractivity (Wildman–Crippen MR) is 127 cm³/mol. The summed E-state index contributed by atoms with van der Waals surface area (Å²) in [7, 11) is -3.42. The van der Waals surface area contributed by atoms with Crippen molar-refractivity contribution in [1.29, 1.82) is 0 Å². The Morgan fingerprint density at radius 3 is 2.22 bits per heavy atom. The van der Waals surface area contributed by atoms with Gasteiger partial charge in [-0.15, -0.1) is 0 Å². The normalized spacial score (nSPS) is 17.1. The number of anilines is 1. The number of alkyl halides is 3. The van der Waals surface area contributed by atoms with Gasteiger partial charge >= 0.3 is 12.3 Å². The van der Waals surface area contributed by atoms with E-state index in [0.29, 0.717) is 6.92 Å². The van der Waals surface area contributed by atoms with Crippen molar-refractivity contribution in [2.24, 2.45) is 5.92 Å². The minimum Gasteiger partial charge on any atom is -0.495 e. The van der Waals surface area contributed by atoms with Gasteiger partial charge in [-0.3, -0.25) is 4.79 Å². The first-order valence-electron chi connectivity index (χ1n) is 11.6. The highest BCUT2D eigenvalue weighted by Crippen LogP contribution is 2.31. The van der Waals surface area contributed by atoms with Crippen LogP contribution in [0.2, 0.25) is 0 Å². The molecule has 1 fully saturated rings. The molecule has 1 aromatic rings. The third kappa shape index (κ3) is 8.54. The van der Waals surface area contributed by atoms with Crippen LogP contribution in [0.3, 0.4) is 0 Å². The quantitative estimate of drug-likeness (QED) is 0.454. The SMILES string of the molecule is COc1cc(NC(=O)[C@@H](NC(=O)OC(C)(C)C)C2CCCCC2)ccc1S(=O)(=O)N[C@@H](C)C(F)(F)F. The zero-order valence-corrected chi connectivity index (χ0v) is 21.8. The second-order valence-corrected chi connectivity index (χ2v) is 11.4. The molecule has 0 heterocycles. The summed E-state index contributed by atoms with van der Waals surface area (Å²) in [6.45, 7) is 5.79. The average Bonchev–Trinajstić information content (AvgIpc) is 2.75. The van der Waals surface area contributed by atoms with Crippen LogP contribution in [0.1, 0.15) is 59.8 Å². The van der Waals surface area contributed by atoms with Gasteiger partial charge in [0.25, 0.3) is 0 Å². The zero-order valence-electron chi connectivity index (χ0n) is 21.0. The molecule has 0 radical (unpaired) electrons. The van der Waals surface area contributed by atoms with Gasteiger partial charge < -0.3 is 20.1 Å². The molecule has 0 aliphatic heterocycles. The summed E-state index contributed by atoms with van der Waals surface area (Å²) in [5.41, 5.74) is -0.615. The maximum atomic E-state index is 13.2. The Morgan fingerprint density at radius 1 is 1.08 bits per heavy atom. The summed E-state index contributed by atoms with van der Waals surface area (Å²) in [5.74, 6) is -0.917. The fourth-order valence-corrected chi connectivity index (χ4v) is 5.23. The average molecular weight is 538 g/mol. The molecule has 1 aromatic carbocycles. The summed E-state index contributed by atoms with van der Waals surface area (Å²) in [6, 6.07) is 0.247. The first-order valence-corrected chi connectivity index (χ1v) is 13.1. The van der Waals surface area contributed by atoms with Crippen LogP contribution in [0.5, 0.6) is 5.75 Å². The number of halogens is 3. The van der Waals surface area contributed by atoms with E-state index in [2.05, 4.69) is 10.6 Å². The highest BCUT2D eigenvalue weighted by Gasteiger charge is 2.39. The van der Waals surface area contributed by atoms with E-state index in [0.717, 1.165) is 45.3 Å². The van der Waals surface area contributed by atoms with Crippen LogP contribution in [0.4, 0.5) is 23.7 Å². The molecule has 2 amide bonds.